The fourth-order valence-electron chi connectivity index (χ4n) is 2.19. The number of aromatic nitrogens is 4. The van der Waals surface area contributed by atoms with E-state index in [9.17, 15) is 19.2 Å². The largest absolute Gasteiger partial charge is 0.462 e. The van der Waals surface area contributed by atoms with Crippen molar-refractivity contribution in [3.05, 3.63) is 61.3 Å². The van der Waals surface area contributed by atoms with Crippen molar-refractivity contribution in [1.82, 2.24) is 19.5 Å². The lowest BCUT2D eigenvalue weighted by Crippen LogP contribution is -2.33. The maximum atomic E-state index is 12.0. The first-order chi connectivity index (χ1) is 11.0. The van der Waals surface area contributed by atoms with Crippen molar-refractivity contribution in [2.75, 3.05) is 6.61 Å². The molecule has 2 aromatic heterocycles. The number of benzene rings is 1. The lowest BCUT2D eigenvalue weighted by molar-refractivity contribution is 0.0523. The maximum absolute atomic E-state index is 12.0. The topological polar surface area (TPSA) is 130 Å². The SMILES string of the molecule is CCOC(=O)c1cn(-c2ccc3[nH]c(=O)[nH]c3c2)c(=O)[nH]c1=O. The van der Waals surface area contributed by atoms with Crippen LogP contribution < -0.4 is 16.9 Å². The molecule has 2 heterocycles. The molecule has 9 heteroatoms. The molecule has 0 aliphatic rings. The highest BCUT2D eigenvalue weighted by atomic mass is 16.5. The summed E-state index contributed by atoms with van der Waals surface area (Å²) in [4.78, 5) is 54.0. The van der Waals surface area contributed by atoms with E-state index >= 15 is 0 Å². The van der Waals surface area contributed by atoms with Crippen molar-refractivity contribution in [3.8, 4) is 5.69 Å². The number of hydrogen-bond acceptors (Lipinski definition) is 5. The van der Waals surface area contributed by atoms with Gasteiger partial charge in [0, 0.05) is 6.20 Å². The van der Waals surface area contributed by atoms with Crippen LogP contribution in [0, 0.1) is 0 Å². The third kappa shape index (κ3) is 2.59. The Morgan fingerprint density at radius 3 is 2.61 bits per heavy atom. The summed E-state index contributed by atoms with van der Waals surface area (Å²) < 4.78 is 5.88. The molecular formula is C14H12N4O5. The monoisotopic (exact) mass is 316 g/mol. The highest BCUT2D eigenvalue weighted by molar-refractivity contribution is 5.88. The summed E-state index contributed by atoms with van der Waals surface area (Å²) in [6.07, 6.45) is 1.12. The molecular weight excluding hydrogens is 304 g/mol. The molecule has 0 spiro atoms. The minimum Gasteiger partial charge on any atom is -0.462 e. The van der Waals surface area contributed by atoms with Gasteiger partial charge in [-0.1, -0.05) is 0 Å². The van der Waals surface area contributed by atoms with Crippen LogP contribution in [0.15, 0.2) is 38.8 Å². The summed E-state index contributed by atoms with van der Waals surface area (Å²) in [5.41, 5.74) is -0.752. The Morgan fingerprint density at radius 2 is 1.87 bits per heavy atom. The number of nitrogens with one attached hydrogen (secondary N) is 3. The Kier molecular flexibility index (Phi) is 3.45. The lowest BCUT2D eigenvalue weighted by atomic mass is 10.2. The zero-order chi connectivity index (χ0) is 16.6. The van der Waals surface area contributed by atoms with E-state index in [-0.39, 0.29) is 17.9 Å². The van der Waals surface area contributed by atoms with Gasteiger partial charge in [0.2, 0.25) is 0 Å². The van der Waals surface area contributed by atoms with Crippen molar-refractivity contribution in [3.63, 3.8) is 0 Å². The third-order valence-corrected chi connectivity index (χ3v) is 3.22. The predicted octanol–water partition coefficient (Wildman–Crippen LogP) is -0.128. The molecule has 23 heavy (non-hydrogen) atoms. The molecule has 0 saturated carbocycles. The average molecular weight is 316 g/mol. The van der Waals surface area contributed by atoms with E-state index in [0.29, 0.717) is 16.7 Å². The van der Waals surface area contributed by atoms with Crippen molar-refractivity contribution in [2.24, 2.45) is 0 Å². The molecule has 0 saturated heterocycles. The Hall–Kier alpha value is -3.36. The van der Waals surface area contributed by atoms with Crippen LogP contribution in [0.4, 0.5) is 0 Å². The molecule has 3 N–H and O–H groups in total. The second kappa shape index (κ2) is 5.44. The minimum atomic E-state index is -0.821. The first-order valence-corrected chi connectivity index (χ1v) is 6.75. The fourth-order valence-corrected chi connectivity index (χ4v) is 2.19. The predicted molar refractivity (Wildman–Crippen MR) is 81.1 cm³/mol. The molecule has 0 radical (unpaired) electrons. The van der Waals surface area contributed by atoms with Gasteiger partial charge in [-0.3, -0.25) is 14.3 Å². The van der Waals surface area contributed by atoms with Gasteiger partial charge in [-0.25, -0.2) is 14.4 Å². The van der Waals surface area contributed by atoms with Crippen LogP contribution in [0.5, 0.6) is 0 Å². The molecule has 0 aliphatic heterocycles. The maximum Gasteiger partial charge on any atom is 0.345 e. The van der Waals surface area contributed by atoms with Crippen molar-refractivity contribution in [1.29, 1.82) is 0 Å². The van der Waals surface area contributed by atoms with Gasteiger partial charge in [0.1, 0.15) is 5.56 Å². The van der Waals surface area contributed by atoms with E-state index in [4.69, 9.17) is 4.74 Å². The molecule has 0 unspecified atom stereocenters. The number of imidazole rings is 1. The fraction of sp³-hybridized carbons (Fsp3) is 0.143. The summed E-state index contributed by atoms with van der Waals surface area (Å²) in [6.45, 7) is 1.71. The first-order valence-electron chi connectivity index (χ1n) is 6.75. The number of hydrogen-bond donors (Lipinski definition) is 3. The van der Waals surface area contributed by atoms with Crippen LogP contribution in [0.1, 0.15) is 17.3 Å². The number of ether oxygens (including phenoxy) is 1. The number of rotatable bonds is 3. The van der Waals surface area contributed by atoms with Gasteiger partial charge < -0.3 is 14.7 Å². The molecule has 3 aromatic rings. The van der Waals surface area contributed by atoms with Crippen LogP contribution in [0.25, 0.3) is 16.7 Å². The molecule has 3 rings (SSSR count). The first kappa shape index (κ1) is 14.6. The van der Waals surface area contributed by atoms with Crippen molar-refractivity contribution in [2.45, 2.75) is 6.92 Å². The molecule has 0 atom stereocenters. The van der Waals surface area contributed by atoms with Crippen molar-refractivity contribution >= 4 is 17.0 Å². The van der Waals surface area contributed by atoms with Crippen LogP contribution in [0.3, 0.4) is 0 Å². The minimum absolute atomic E-state index is 0.105. The summed E-state index contributed by atoms with van der Waals surface area (Å²) in [7, 11) is 0. The molecule has 1 aromatic carbocycles. The van der Waals surface area contributed by atoms with Crippen LogP contribution in [-0.2, 0) is 4.74 Å². The summed E-state index contributed by atoms with van der Waals surface area (Å²) >= 11 is 0. The number of fused-ring (bicyclic) bond motifs is 1. The number of H-pyrrole nitrogens is 3. The smallest absolute Gasteiger partial charge is 0.345 e. The van der Waals surface area contributed by atoms with E-state index < -0.39 is 17.2 Å². The van der Waals surface area contributed by atoms with Gasteiger partial charge in [-0.05, 0) is 25.1 Å². The van der Waals surface area contributed by atoms with Gasteiger partial charge in [0.25, 0.3) is 5.56 Å². The molecule has 9 nitrogen and oxygen atoms in total. The zero-order valence-electron chi connectivity index (χ0n) is 12.0. The summed E-state index contributed by atoms with van der Waals surface area (Å²) in [5.74, 6) is -0.821. The molecule has 0 bridgehead atoms. The Bertz CT molecular complexity index is 1070. The Labute approximate surface area is 127 Å². The number of carbonyl (C=O) groups is 1. The van der Waals surface area contributed by atoms with E-state index in [2.05, 4.69) is 15.0 Å². The molecule has 0 fully saturated rings. The number of nitrogens with zero attached hydrogens (tertiary/aromatic N) is 1. The second-order valence-electron chi connectivity index (χ2n) is 4.70. The highest BCUT2D eigenvalue weighted by Crippen LogP contribution is 2.12. The van der Waals surface area contributed by atoms with Gasteiger partial charge in [0.15, 0.2) is 0 Å². The normalized spacial score (nSPS) is 10.8. The number of esters is 1. The van der Waals surface area contributed by atoms with Crippen LogP contribution in [-0.4, -0.2) is 32.1 Å². The number of carbonyl (C=O) groups excluding carboxylic acids is 1. The molecule has 0 amide bonds. The highest BCUT2D eigenvalue weighted by Gasteiger charge is 2.15. The standard InChI is InChI=1S/C14H12N4O5/c1-2-23-12(20)8-6-18(14(22)17-11(8)19)7-3-4-9-10(5-7)16-13(21)15-9/h3-6H,2H2,1H3,(H2,15,16,21)(H,17,19,22). The lowest BCUT2D eigenvalue weighted by Gasteiger charge is -2.07. The van der Waals surface area contributed by atoms with E-state index in [1.54, 1.807) is 25.1 Å². The molecule has 118 valence electrons. The van der Waals surface area contributed by atoms with Gasteiger partial charge in [-0.15, -0.1) is 0 Å². The third-order valence-electron chi connectivity index (χ3n) is 3.22. The van der Waals surface area contributed by atoms with Crippen LogP contribution in [0.2, 0.25) is 0 Å². The zero-order valence-corrected chi connectivity index (χ0v) is 12.0. The van der Waals surface area contributed by atoms with E-state index in [1.165, 1.54) is 0 Å². The van der Waals surface area contributed by atoms with Gasteiger partial charge in [0.05, 0.1) is 23.3 Å². The molecule has 0 aliphatic carbocycles. The second-order valence-corrected chi connectivity index (χ2v) is 4.70. The average Bonchev–Trinajstić information content (AvgIpc) is 2.86. The van der Waals surface area contributed by atoms with Crippen LogP contribution >= 0.6 is 0 Å². The quantitative estimate of drug-likeness (QED) is 0.580. The van der Waals surface area contributed by atoms with E-state index in [0.717, 1.165) is 10.8 Å². The Balaban J connectivity index is 2.19. The van der Waals surface area contributed by atoms with Gasteiger partial charge in [-0.2, -0.15) is 0 Å². The number of aromatic amines is 3. The van der Waals surface area contributed by atoms with E-state index in [1.807, 2.05) is 0 Å². The van der Waals surface area contributed by atoms with Crippen molar-refractivity contribution < 1.29 is 9.53 Å². The summed E-state index contributed by atoms with van der Waals surface area (Å²) in [5, 5.41) is 0. The van der Waals surface area contributed by atoms with Gasteiger partial charge >= 0.3 is 17.3 Å². The summed E-state index contributed by atoms with van der Waals surface area (Å²) in [6, 6.07) is 4.72. The Morgan fingerprint density at radius 1 is 1.13 bits per heavy atom.